The SMILES string of the molecule is COCCCNC(=O)N/C=C/C(C)C. The average molecular weight is 200 g/mol. The molecule has 0 spiro atoms. The Morgan fingerprint density at radius 3 is 2.79 bits per heavy atom. The van der Waals surface area contributed by atoms with Gasteiger partial charge in [-0.05, 0) is 12.3 Å². The number of urea groups is 1. The molecule has 2 amide bonds. The summed E-state index contributed by atoms with van der Waals surface area (Å²) < 4.78 is 4.85. The molecular weight excluding hydrogens is 180 g/mol. The van der Waals surface area contributed by atoms with E-state index in [0.717, 1.165) is 6.42 Å². The van der Waals surface area contributed by atoms with E-state index in [1.807, 2.05) is 6.08 Å². The van der Waals surface area contributed by atoms with Crippen LogP contribution in [0.5, 0.6) is 0 Å². The number of allylic oxidation sites excluding steroid dienone is 1. The van der Waals surface area contributed by atoms with Crippen LogP contribution in [-0.2, 0) is 4.74 Å². The summed E-state index contributed by atoms with van der Waals surface area (Å²) in [6, 6.07) is -0.169. The van der Waals surface area contributed by atoms with Crippen molar-refractivity contribution in [2.24, 2.45) is 5.92 Å². The molecule has 0 rings (SSSR count). The predicted octanol–water partition coefficient (Wildman–Crippen LogP) is 1.49. The summed E-state index contributed by atoms with van der Waals surface area (Å²) in [7, 11) is 1.64. The molecular formula is C10H20N2O2. The van der Waals surface area contributed by atoms with Crippen LogP contribution >= 0.6 is 0 Å². The van der Waals surface area contributed by atoms with Crippen LogP contribution in [0.15, 0.2) is 12.3 Å². The molecule has 0 saturated heterocycles. The average Bonchev–Trinajstić information content (AvgIpc) is 2.12. The third-order valence-electron chi connectivity index (χ3n) is 1.51. The molecule has 0 aliphatic carbocycles. The van der Waals surface area contributed by atoms with Crippen molar-refractivity contribution >= 4 is 6.03 Å². The minimum atomic E-state index is -0.169. The summed E-state index contributed by atoms with van der Waals surface area (Å²) in [5.74, 6) is 0.448. The van der Waals surface area contributed by atoms with Gasteiger partial charge in [0.1, 0.15) is 0 Å². The number of rotatable bonds is 6. The number of amides is 2. The highest BCUT2D eigenvalue weighted by Gasteiger charge is 1.94. The van der Waals surface area contributed by atoms with E-state index in [4.69, 9.17) is 4.74 Å². The van der Waals surface area contributed by atoms with Gasteiger partial charge in [-0.3, -0.25) is 0 Å². The first-order valence-corrected chi connectivity index (χ1v) is 4.86. The van der Waals surface area contributed by atoms with Gasteiger partial charge in [-0.1, -0.05) is 19.9 Å². The lowest BCUT2D eigenvalue weighted by atomic mass is 10.2. The first-order valence-electron chi connectivity index (χ1n) is 4.86. The highest BCUT2D eigenvalue weighted by Crippen LogP contribution is 1.90. The Morgan fingerprint density at radius 1 is 1.50 bits per heavy atom. The van der Waals surface area contributed by atoms with Gasteiger partial charge in [0.15, 0.2) is 0 Å². The second-order valence-corrected chi connectivity index (χ2v) is 3.35. The van der Waals surface area contributed by atoms with Gasteiger partial charge >= 0.3 is 6.03 Å². The second-order valence-electron chi connectivity index (χ2n) is 3.35. The molecule has 0 aliphatic rings. The summed E-state index contributed by atoms with van der Waals surface area (Å²) in [5, 5.41) is 5.33. The Morgan fingerprint density at radius 2 is 2.21 bits per heavy atom. The Labute approximate surface area is 85.7 Å². The number of hydrogen-bond acceptors (Lipinski definition) is 2. The Balaban J connectivity index is 3.37. The number of nitrogens with one attached hydrogen (secondary N) is 2. The van der Waals surface area contributed by atoms with E-state index < -0.39 is 0 Å². The number of methoxy groups -OCH3 is 1. The first kappa shape index (κ1) is 13.0. The molecule has 0 radical (unpaired) electrons. The second kappa shape index (κ2) is 8.56. The van der Waals surface area contributed by atoms with Gasteiger partial charge in [-0.15, -0.1) is 0 Å². The van der Waals surface area contributed by atoms with Gasteiger partial charge in [0.2, 0.25) is 0 Å². The maximum atomic E-state index is 11.1. The fourth-order valence-electron chi connectivity index (χ4n) is 0.786. The van der Waals surface area contributed by atoms with Crippen molar-refractivity contribution in [3.63, 3.8) is 0 Å². The molecule has 14 heavy (non-hydrogen) atoms. The van der Waals surface area contributed by atoms with Crippen LogP contribution in [0.4, 0.5) is 4.79 Å². The minimum absolute atomic E-state index is 0.169. The molecule has 0 heterocycles. The predicted molar refractivity (Wildman–Crippen MR) is 57.0 cm³/mol. The highest BCUT2D eigenvalue weighted by molar-refractivity contribution is 5.74. The van der Waals surface area contributed by atoms with Crippen molar-refractivity contribution in [3.8, 4) is 0 Å². The van der Waals surface area contributed by atoms with E-state index in [2.05, 4.69) is 24.5 Å². The van der Waals surface area contributed by atoms with Crippen LogP contribution in [-0.4, -0.2) is 26.3 Å². The maximum Gasteiger partial charge on any atom is 0.318 e. The number of carbonyl (C=O) groups is 1. The van der Waals surface area contributed by atoms with Crippen molar-refractivity contribution in [1.29, 1.82) is 0 Å². The van der Waals surface area contributed by atoms with Crippen molar-refractivity contribution in [1.82, 2.24) is 10.6 Å². The molecule has 2 N–H and O–H groups in total. The number of hydrogen-bond donors (Lipinski definition) is 2. The molecule has 4 nitrogen and oxygen atoms in total. The van der Waals surface area contributed by atoms with Crippen LogP contribution in [0.3, 0.4) is 0 Å². The summed E-state index contributed by atoms with van der Waals surface area (Å²) in [5.41, 5.74) is 0. The topological polar surface area (TPSA) is 50.4 Å². The molecule has 4 heteroatoms. The number of ether oxygens (including phenoxy) is 1. The van der Waals surface area contributed by atoms with Crippen molar-refractivity contribution in [2.45, 2.75) is 20.3 Å². The van der Waals surface area contributed by atoms with E-state index >= 15 is 0 Å². The lowest BCUT2D eigenvalue weighted by molar-refractivity contribution is 0.193. The van der Waals surface area contributed by atoms with Gasteiger partial charge < -0.3 is 15.4 Å². The van der Waals surface area contributed by atoms with Crippen LogP contribution < -0.4 is 10.6 Å². The van der Waals surface area contributed by atoms with Gasteiger partial charge in [0.05, 0.1) is 0 Å². The van der Waals surface area contributed by atoms with Crippen molar-refractivity contribution in [3.05, 3.63) is 12.3 Å². The molecule has 0 aromatic heterocycles. The van der Waals surface area contributed by atoms with Gasteiger partial charge in [-0.25, -0.2) is 4.79 Å². The van der Waals surface area contributed by atoms with Crippen molar-refractivity contribution in [2.75, 3.05) is 20.3 Å². The van der Waals surface area contributed by atoms with E-state index in [1.54, 1.807) is 13.3 Å². The fourth-order valence-corrected chi connectivity index (χ4v) is 0.786. The van der Waals surface area contributed by atoms with Gasteiger partial charge in [0.25, 0.3) is 0 Å². The summed E-state index contributed by atoms with van der Waals surface area (Å²) in [6.45, 7) is 5.40. The van der Waals surface area contributed by atoms with Gasteiger partial charge in [-0.2, -0.15) is 0 Å². The zero-order valence-corrected chi connectivity index (χ0v) is 9.17. The molecule has 0 bridgehead atoms. The molecule has 0 saturated carbocycles. The molecule has 0 unspecified atom stereocenters. The minimum Gasteiger partial charge on any atom is -0.385 e. The zero-order valence-electron chi connectivity index (χ0n) is 9.17. The Kier molecular flexibility index (Phi) is 7.93. The first-order chi connectivity index (χ1) is 6.66. The van der Waals surface area contributed by atoms with Gasteiger partial charge in [0, 0.05) is 26.5 Å². The van der Waals surface area contributed by atoms with Crippen LogP contribution in [0.2, 0.25) is 0 Å². The van der Waals surface area contributed by atoms with E-state index in [1.165, 1.54) is 0 Å². The lowest BCUT2D eigenvalue weighted by Crippen LogP contribution is -2.33. The fraction of sp³-hybridized carbons (Fsp3) is 0.700. The largest absolute Gasteiger partial charge is 0.385 e. The maximum absolute atomic E-state index is 11.1. The molecule has 0 atom stereocenters. The van der Waals surface area contributed by atoms with Crippen LogP contribution in [0.25, 0.3) is 0 Å². The van der Waals surface area contributed by atoms with Crippen LogP contribution in [0.1, 0.15) is 20.3 Å². The van der Waals surface area contributed by atoms with E-state index in [-0.39, 0.29) is 6.03 Å². The smallest absolute Gasteiger partial charge is 0.318 e. The van der Waals surface area contributed by atoms with Crippen LogP contribution in [0, 0.1) is 5.92 Å². The molecule has 0 aromatic carbocycles. The third-order valence-corrected chi connectivity index (χ3v) is 1.51. The normalized spacial score (nSPS) is 10.9. The standard InChI is InChI=1S/C10H20N2O2/c1-9(2)5-7-12-10(13)11-6-4-8-14-3/h5,7,9H,4,6,8H2,1-3H3,(H2,11,12,13)/b7-5+. The quantitative estimate of drug-likeness (QED) is 0.638. The molecule has 0 aliphatic heterocycles. The van der Waals surface area contributed by atoms with E-state index in [9.17, 15) is 4.79 Å². The monoisotopic (exact) mass is 200 g/mol. The lowest BCUT2D eigenvalue weighted by Gasteiger charge is -2.03. The summed E-state index contributed by atoms with van der Waals surface area (Å²) in [4.78, 5) is 11.1. The Bertz CT molecular complexity index is 179. The molecule has 0 fully saturated rings. The molecule has 82 valence electrons. The van der Waals surface area contributed by atoms with E-state index in [0.29, 0.717) is 19.1 Å². The highest BCUT2D eigenvalue weighted by atomic mass is 16.5. The zero-order chi connectivity index (χ0) is 10.8. The summed E-state index contributed by atoms with van der Waals surface area (Å²) >= 11 is 0. The molecule has 0 aromatic rings. The summed E-state index contributed by atoms with van der Waals surface area (Å²) in [6.07, 6.45) is 4.42. The third kappa shape index (κ3) is 9.06. The Hall–Kier alpha value is -1.03. The van der Waals surface area contributed by atoms with Crippen molar-refractivity contribution < 1.29 is 9.53 Å². The number of carbonyl (C=O) groups excluding carboxylic acids is 1.